The van der Waals surface area contributed by atoms with Crippen LogP contribution >= 0.6 is 0 Å². The van der Waals surface area contributed by atoms with Gasteiger partial charge in [0, 0.05) is 19.4 Å². The third-order valence-electron chi connectivity index (χ3n) is 12.7. The molecular weight excluding hydrogens is 837 g/mol. The highest BCUT2D eigenvalue weighted by Crippen LogP contribution is 2.16. The molecule has 0 aromatic rings. The van der Waals surface area contributed by atoms with Gasteiger partial charge in [-0.3, -0.25) is 9.59 Å². The fourth-order valence-corrected chi connectivity index (χ4v) is 8.36. The van der Waals surface area contributed by atoms with Crippen LogP contribution in [0.2, 0.25) is 0 Å². The van der Waals surface area contributed by atoms with E-state index in [1.54, 1.807) is 0 Å². The summed E-state index contributed by atoms with van der Waals surface area (Å²) >= 11 is 0. The summed E-state index contributed by atoms with van der Waals surface area (Å²) in [6, 6.07) is 0. The third-order valence-corrected chi connectivity index (χ3v) is 12.7. The van der Waals surface area contributed by atoms with Crippen LogP contribution in [0.25, 0.3) is 0 Å². The van der Waals surface area contributed by atoms with Crippen molar-refractivity contribution in [3.63, 3.8) is 0 Å². The molecule has 0 fully saturated rings. The van der Waals surface area contributed by atoms with Crippen molar-refractivity contribution in [3.05, 3.63) is 72.9 Å². The molecule has 0 saturated heterocycles. The fourth-order valence-electron chi connectivity index (χ4n) is 8.36. The molecule has 0 heterocycles. The molecule has 0 aliphatic carbocycles. The van der Waals surface area contributed by atoms with Crippen molar-refractivity contribution < 1.29 is 23.8 Å². The van der Waals surface area contributed by atoms with Gasteiger partial charge in [-0.2, -0.15) is 0 Å². The highest BCUT2D eigenvalue weighted by atomic mass is 16.6. The number of carbonyl (C=O) groups excluding carboxylic acids is 2. The van der Waals surface area contributed by atoms with Gasteiger partial charge in [0.1, 0.15) is 6.61 Å². The number of unbranched alkanes of at least 4 members (excludes halogenated alkanes) is 31. The smallest absolute Gasteiger partial charge is 0.306 e. The number of esters is 2. The molecule has 0 bridgehead atoms. The number of carbonyl (C=O) groups is 2. The second-order valence-corrected chi connectivity index (χ2v) is 19.5. The second-order valence-electron chi connectivity index (χ2n) is 19.5. The number of hydrogen-bond donors (Lipinski definition) is 0. The zero-order valence-corrected chi connectivity index (χ0v) is 45.4. The first-order chi connectivity index (χ1) is 33.6. The van der Waals surface area contributed by atoms with Crippen molar-refractivity contribution in [1.29, 1.82) is 0 Å². The molecule has 0 aromatic heterocycles. The van der Waals surface area contributed by atoms with Gasteiger partial charge in [0.05, 0.1) is 6.61 Å². The summed E-state index contributed by atoms with van der Waals surface area (Å²) in [7, 11) is 0. The van der Waals surface area contributed by atoms with Crippen molar-refractivity contribution in [3.8, 4) is 0 Å². The average Bonchev–Trinajstić information content (AvgIpc) is 3.34. The minimum absolute atomic E-state index is 0.0760. The standard InChI is InChI=1S/C63H112O5/c1-4-7-10-13-16-19-22-25-28-30-31-32-34-37-40-43-46-49-52-55-58-66-59-61(68-63(65)57-54-51-48-45-42-39-35-27-24-21-18-15-12-9-6-3)60-67-62(64)56-53-50-47-44-41-38-36-33-29-26-23-20-17-14-11-8-5-2/h7,10,16,18-19,21,25,27-28,31-32,35,61H,4-6,8-9,11-15,17,20,22-24,26,29-30,33-34,36-60H2,1-3H3/b10-7-,19-16-,21-18-,28-25-,32-31-,35-27-. The van der Waals surface area contributed by atoms with E-state index < -0.39 is 6.10 Å². The summed E-state index contributed by atoms with van der Waals surface area (Å²) in [4.78, 5) is 25.5. The van der Waals surface area contributed by atoms with Gasteiger partial charge in [0.25, 0.3) is 0 Å². The average molecular weight is 950 g/mol. The molecule has 0 radical (unpaired) electrons. The van der Waals surface area contributed by atoms with Crippen molar-refractivity contribution in [2.75, 3.05) is 19.8 Å². The van der Waals surface area contributed by atoms with Crippen LogP contribution in [0, 0.1) is 0 Å². The number of hydrogen-bond acceptors (Lipinski definition) is 5. The maximum absolute atomic E-state index is 12.9. The Kier molecular flexibility index (Phi) is 56.4. The zero-order chi connectivity index (χ0) is 49.2. The molecule has 1 unspecified atom stereocenters. The maximum atomic E-state index is 12.9. The number of allylic oxidation sites excluding steroid dienone is 12. The third kappa shape index (κ3) is 55.9. The first-order valence-electron chi connectivity index (χ1n) is 29.5. The molecule has 0 amide bonds. The summed E-state index contributed by atoms with van der Waals surface area (Å²) in [6.45, 7) is 7.69. The molecule has 5 heteroatoms. The molecule has 0 saturated carbocycles. The van der Waals surface area contributed by atoms with E-state index in [4.69, 9.17) is 14.2 Å². The molecule has 0 aliphatic rings. The minimum atomic E-state index is -0.551. The van der Waals surface area contributed by atoms with Crippen LogP contribution in [0.1, 0.15) is 290 Å². The van der Waals surface area contributed by atoms with E-state index in [9.17, 15) is 9.59 Å². The van der Waals surface area contributed by atoms with Crippen LogP contribution in [0.5, 0.6) is 0 Å². The van der Waals surface area contributed by atoms with Gasteiger partial charge in [-0.05, 0) is 89.9 Å². The fraction of sp³-hybridized carbons (Fsp3) is 0.778. The number of rotatable bonds is 54. The summed E-state index contributed by atoms with van der Waals surface area (Å²) in [5.74, 6) is -0.408. The molecule has 68 heavy (non-hydrogen) atoms. The van der Waals surface area contributed by atoms with E-state index in [1.165, 1.54) is 173 Å². The normalized spacial score (nSPS) is 12.7. The molecule has 5 nitrogen and oxygen atoms in total. The first kappa shape index (κ1) is 65.3. The van der Waals surface area contributed by atoms with Crippen molar-refractivity contribution in [1.82, 2.24) is 0 Å². The van der Waals surface area contributed by atoms with E-state index in [1.807, 2.05) is 0 Å². The van der Waals surface area contributed by atoms with Crippen molar-refractivity contribution in [2.45, 2.75) is 297 Å². The molecule has 0 spiro atoms. The van der Waals surface area contributed by atoms with Gasteiger partial charge >= 0.3 is 11.9 Å². The minimum Gasteiger partial charge on any atom is -0.462 e. The molecule has 1 atom stereocenters. The van der Waals surface area contributed by atoms with E-state index in [0.717, 1.165) is 83.5 Å². The lowest BCUT2D eigenvalue weighted by atomic mass is 10.0. The largest absolute Gasteiger partial charge is 0.462 e. The summed E-state index contributed by atoms with van der Waals surface area (Å²) < 4.78 is 17.5. The predicted octanol–water partition coefficient (Wildman–Crippen LogP) is 20.2. The Morgan fingerprint density at radius 2 is 0.662 bits per heavy atom. The Bertz CT molecular complexity index is 1210. The van der Waals surface area contributed by atoms with E-state index >= 15 is 0 Å². The maximum Gasteiger partial charge on any atom is 0.306 e. The van der Waals surface area contributed by atoms with E-state index in [0.29, 0.717) is 19.4 Å². The van der Waals surface area contributed by atoms with Gasteiger partial charge in [-0.25, -0.2) is 0 Å². The topological polar surface area (TPSA) is 61.8 Å². The zero-order valence-electron chi connectivity index (χ0n) is 45.4. The van der Waals surface area contributed by atoms with Gasteiger partial charge in [-0.1, -0.05) is 261 Å². The van der Waals surface area contributed by atoms with Gasteiger partial charge < -0.3 is 14.2 Å². The van der Waals surface area contributed by atoms with Crippen LogP contribution in [-0.2, 0) is 23.8 Å². The lowest BCUT2D eigenvalue weighted by molar-refractivity contribution is -0.163. The number of ether oxygens (including phenoxy) is 3. The lowest BCUT2D eigenvalue weighted by Crippen LogP contribution is -2.30. The van der Waals surface area contributed by atoms with Gasteiger partial charge in [0.15, 0.2) is 6.10 Å². The Hall–Kier alpha value is -2.66. The molecule has 0 aromatic carbocycles. The van der Waals surface area contributed by atoms with Crippen LogP contribution < -0.4 is 0 Å². The highest BCUT2D eigenvalue weighted by molar-refractivity contribution is 5.70. The Labute approximate surface area is 423 Å². The SMILES string of the molecule is CC/C=C\C/C=C\C/C=C\C/C=C\CCCCCCCCCOCC(COC(=O)CCCCCCCCCCCCCCCCCCC)OC(=O)CCCCCCC/C=C\C/C=C\CCCCC. The predicted molar refractivity (Wildman–Crippen MR) is 297 cm³/mol. The van der Waals surface area contributed by atoms with Gasteiger partial charge in [-0.15, -0.1) is 0 Å². The van der Waals surface area contributed by atoms with E-state index in [-0.39, 0.29) is 25.2 Å². The van der Waals surface area contributed by atoms with Crippen LogP contribution in [0.3, 0.4) is 0 Å². The Morgan fingerprint density at radius 1 is 0.338 bits per heavy atom. The lowest BCUT2D eigenvalue weighted by Gasteiger charge is -2.18. The van der Waals surface area contributed by atoms with E-state index in [2.05, 4.69) is 93.7 Å². The second kappa shape index (κ2) is 58.7. The summed E-state index contributed by atoms with van der Waals surface area (Å²) in [6.07, 6.45) is 76.4. The Morgan fingerprint density at radius 3 is 1.09 bits per heavy atom. The molecule has 0 N–H and O–H groups in total. The van der Waals surface area contributed by atoms with Crippen LogP contribution in [-0.4, -0.2) is 37.9 Å². The quantitative estimate of drug-likeness (QED) is 0.0345. The Balaban J connectivity index is 4.29. The highest BCUT2D eigenvalue weighted by Gasteiger charge is 2.17. The van der Waals surface area contributed by atoms with Crippen LogP contribution in [0.15, 0.2) is 72.9 Å². The van der Waals surface area contributed by atoms with Crippen LogP contribution in [0.4, 0.5) is 0 Å². The van der Waals surface area contributed by atoms with Crippen molar-refractivity contribution >= 4 is 11.9 Å². The molecule has 394 valence electrons. The van der Waals surface area contributed by atoms with Crippen molar-refractivity contribution in [2.24, 2.45) is 0 Å². The molecule has 0 rings (SSSR count). The monoisotopic (exact) mass is 949 g/mol. The summed E-state index contributed by atoms with van der Waals surface area (Å²) in [5.41, 5.74) is 0. The van der Waals surface area contributed by atoms with Gasteiger partial charge in [0.2, 0.25) is 0 Å². The molecule has 0 aliphatic heterocycles. The molecular formula is C63H112O5. The first-order valence-corrected chi connectivity index (χ1v) is 29.5. The summed E-state index contributed by atoms with van der Waals surface area (Å²) in [5, 5.41) is 0.